The molecular formula is C18H35N3O12. The van der Waals surface area contributed by atoms with Crippen molar-refractivity contribution in [3.05, 3.63) is 0 Å². The van der Waals surface area contributed by atoms with Gasteiger partial charge in [0, 0.05) is 18.6 Å². The molecule has 3 aliphatic rings. The van der Waals surface area contributed by atoms with Crippen molar-refractivity contribution in [3.63, 3.8) is 0 Å². The predicted molar refractivity (Wildman–Crippen MR) is 106 cm³/mol. The van der Waals surface area contributed by atoms with Gasteiger partial charge in [-0.2, -0.15) is 0 Å². The predicted octanol–water partition coefficient (Wildman–Crippen LogP) is -7.26. The van der Waals surface area contributed by atoms with Crippen LogP contribution in [0.2, 0.25) is 0 Å². The third-order valence-corrected chi connectivity index (χ3v) is 6.39. The van der Waals surface area contributed by atoms with E-state index >= 15 is 0 Å². The Kier molecular flexibility index (Phi) is 8.99. The first-order valence-electron chi connectivity index (χ1n) is 10.7. The summed E-state index contributed by atoms with van der Waals surface area (Å²) >= 11 is 0. The third-order valence-electron chi connectivity index (χ3n) is 6.39. The van der Waals surface area contributed by atoms with Crippen LogP contribution in [0.25, 0.3) is 0 Å². The van der Waals surface area contributed by atoms with Crippen molar-refractivity contribution >= 4 is 0 Å². The van der Waals surface area contributed by atoms with Crippen LogP contribution in [-0.4, -0.2) is 146 Å². The molecule has 15 heteroatoms. The Balaban J connectivity index is 1.72. The van der Waals surface area contributed by atoms with Gasteiger partial charge in [0.25, 0.3) is 0 Å². The number of hydrogen-bond acceptors (Lipinski definition) is 15. The van der Waals surface area contributed by atoms with Gasteiger partial charge < -0.3 is 77.0 Å². The summed E-state index contributed by atoms with van der Waals surface area (Å²) in [5.41, 5.74) is 17.7. The number of aliphatic hydroxyl groups is 8. The maximum atomic E-state index is 10.9. The lowest BCUT2D eigenvalue weighted by atomic mass is 9.84. The number of hydrogen-bond donors (Lipinski definition) is 11. The first kappa shape index (κ1) is 27.0. The highest BCUT2D eigenvalue weighted by Crippen LogP contribution is 2.31. The zero-order valence-electron chi connectivity index (χ0n) is 17.7. The summed E-state index contributed by atoms with van der Waals surface area (Å²) in [5.74, 6) is 0. The fraction of sp³-hybridized carbons (Fsp3) is 1.00. The second-order valence-electron chi connectivity index (χ2n) is 8.70. The summed E-state index contributed by atoms with van der Waals surface area (Å²) in [4.78, 5) is 0. The highest BCUT2D eigenvalue weighted by atomic mass is 16.7. The summed E-state index contributed by atoms with van der Waals surface area (Å²) < 4.78 is 22.0. The van der Waals surface area contributed by atoms with Crippen LogP contribution in [0.3, 0.4) is 0 Å². The minimum Gasteiger partial charge on any atom is -0.394 e. The summed E-state index contributed by atoms with van der Waals surface area (Å²) in [6.45, 7) is -0.855. The lowest BCUT2D eigenvalue weighted by Gasteiger charge is -2.48. The number of rotatable bonds is 6. The average molecular weight is 485 g/mol. The van der Waals surface area contributed by atoms with Crippen molar-refractivity contribution in [1.82, 2.24) is 0 Å². The van der Waals surface area contributed by atoms with Crippen molar-refractivity contribution in [2.45, 2.75) is 98.2 Å². The smallest absolute Gasteiger partial charge is 0.187 e. The molecule has 0 spiro atoms. The molecule has 1 saturated carbocycles. The Morgan fingerprint density at radius 2 is 1.06 bits per heavy atom. The minimum atomic E-state index is -1.72. The van der Waals surface area contributed by atoms with E-state index in [1.54, 1.807) is 0 Å². The van der Waals surface area contributed by atoms with Crippen LogP contribution in [0, 0.1) is 0 Å². The van der Waals surface area contributed by atoms with Gasteiger partial charge in [0.2, 0.25) is 0 Å². The summed E-state index contributed by atoms with van der Waals surface area (Å²) in [7, 11) is 0. The molecule has 194 valence electrons. The number of nitrogens with two attached hydrogens (primary N) is 3. The summed E-state index contributed by atoms with van der Waals surface area (Å²) in [5, 5.41) is 80.5. The largest absolute Gasteiger partial charge is 0.394 e. The van der Waals surface area contributed by atoms with E-state index in [1.807, 2.05) is 0 Å². The molecule has 0 unspecified atom stereocenters. The quantitative estimate of drug-likeness (QED) is 0.167. The van der Waals surface area contributed by atoms with Gasteiger partial charge in [-0.15, -0.1) is 0 Å². The van der Waals surface area contributed by atoms with Crippen LogP contribution >= 0.6 is 0 Å². The summed E-state index contributed by atoms with van der Waals surface area (Å²) in [6, 6.07) is -1.73. The lowest BCUT2D eigenvalue weighted by Crippen LogP contribution is -2.68. The highest BCUT2D eigenvalue weighted by molar-refractivity contribution is 5.01. The normalized spacial score (nSPS) is 53.7. The second-order valence-corrected chi connectivity index (χ2v) is 8.70. The number of aliphatic hydroxyl groups excluding tert-OH is 8. The monoisotopic (exact) mass is 485 g/mol. The Hall–Kier alpha value is -0.600. The molecule has 2 aliphatic heterocycles. The zero-order valence-corrected chi connectivity index (χ0v) is 17.7. The van der Waals surface area contributed by atoms with Crippen LogP contribution in [0.1, 0.15) is 6.42 Å². The average Bonchev–Trinajstić information content (AvgIpc) is 2.79. The molecule has 0 aromatic rings. The van der Waals surface area contributed by atoms with E-state index in [-0.39, 0.29) is 13.0 Å². The fourth-order valence-corrected chi connectivity index (χ4v) is 4.35. The molecule has 15 atom stereocenters. The van der Waals surface area contributed by atoms with Crippen molar-refractivity contribution in [2.24, 2.45) is 17.2 Å². The maximum Gasteiger partial charge on any atom is 0.187 e. The number of ether oxygens (including phenoxy) is 4. The highest BCUT2D eigenvalue weighted by Gasteiger charge is 2.51. The van der Waals surface area contributed by atoms with Gasteiger partial charge in [-0.3, -0.25) is 0 Å². The first-order chi connectivity index (χ1) is 15.5. The molecule has 33 heavy (non-hydrogen) atoms. The molecule has 2 heterocycles. The van der Waals surface area contributed by atoms with Crippen LogP contribution < -0.4 is 17.2 Å². The van der Waals surface area contributed by atoms with Crippen LogP contribution in [-0.2, 0) is 18.9 Å². The van der Waals surface area contributed by atoms with Crippen molar-refractivity contribution in [3.8, 4) is 0 Å². The van der Waals surface area contributed by atoms with Crippen molar-refractivity contribution in [1.29, 1.82) is 0 Å². The van der Waals surface area contributed by atoms with Crippen molar-refractivity contribution in [2.75, 3.05) is 13.2 Å². The molecular weight excluding hydrogens is 450 g/mol. The SMILES string of the molecule is NC[C@H]1O[C@H](O[C@@H]2[C@@H](O)[C@H](O[C@H]3O[C@H](CO)[C@@H](O)[C@H](O)[C@H]3O)[C@@H](N)C[C@H]2N)[C@H](O)[C@@H](O)[C@@H]1O. The second kappa shape index (κ2) is 11.0. The maximum absolute atomic E-state index is 10.9. The van der Waals surface area contributed by atoms with Gasteiger partial charge in [-0.25, -0.2) is 0 Å². The van der Waals surface area contributed by atoms with Crippen LogP contribution in [0.5, 0.6) is 0 Å². The molecule has 0 aromatic heterocycles. The van der Waals surface area contributed by atoms with E-state index in [0.717, 1.165) is 0 Å². The molecule has 3 rings (SSSR count). The van der Waals surface area contributed by atoms with E-state index in [1.165, 1.54) is 0 Å². The lowest BCUT2D eigenvalue weighted by molar-refractivity contribution is -0.339. The molecule has 2 saturated heterocycles. The molecule has 0 radical (unpaired) electrons. The van der Waals surface area contributed by atoms with Crippen LogP contribution in [0.4, 0.5) is 0 Å². The van der Waals surface area contributed by atoms with E-state index in [4.69, 9.17) is 36.1 Å². The van der Waals surface area contributed by atoms with E-state index in [9.17, 15) is 40.9 Å². The molecule has 1 aliphatic carbocycles. The molecule has 15 nitrogen and oxygen atoms in total. The molecule has 0 bridgehead atoms. The van der Waals surface area contributed by atoms with Crippen molar-refractivity contribution < 1.29 is 59.8 Å². The standard InChI is InChI=1S/C18H35N3O12/c19-2-6-8(23)10(25)12(27)17(30-6)32-15-4(20)1-5(21)16(14(15)29)33-18-13(28)11(26)9(24)7(3-22)31-18/h4-18,22-29H,1-3,19-21H2/t4-,5+,6-,7-,8-,9-,10+,11+,12-,13-,14-,15+,16-,17-,18-/m1/s1. The van der Waals surface area contributed by atoms with E-state index in [0.29, 0.717) is 0 Å². The summed E-state index contributed by atoms with van der Waals surface area (Å²) in [6.07, 6.45) is -19.1. The van der Waals surface area contributed by atoms with Gasteiger partial charge in [0.1, 0.15) is 67.1 Å². The van der Waals surface area contributed by atoms with E-state index in [2.05, 4.69) is 0 Å². The minimum absolute atomic E-state index is 0.0537. The van der Waals surface area contributed by atoms with Gasteiger partial charge in [0.05, 0.1) is 6.61 Å². The van der Waals surface area contributed by atoms with Gasteiger partial charge in [0.15, 0.2) is 12.6 Å². The molecule has 0 amide bonds. The van der Waals surface area contributed by atoms with Gasteiger partial charge in [-0.1, -0.05) is 0 Å². The third kappa shape index (κ3) is 5.32. The van der Waals surface area contributed by atoms with E-state index < -0.39 is 98.4 Å². The molecule has 3 fully saturated rings. The fourth-order valence-electron chi connectivity index (χ4n) is 4.35. The molecule has 14 N–H and O–H groups in total. The zero-order chi connectivity index (χ0) is 24.6. The first-order valence-corrected chi connectivity index (χ1v) is 10.7. The molecule has 0 aromatic carbocycles. The Labute approximate surface area is 189 Å². The van der Waals surface area contributed by atoms with Crippen LogP contribution in [0.15, 0.2) is 0 Å². The van der Waals surface area contributed by atoms with Gasteiger partial charge in [-0.05, 0) is 6.42 Å². The Bertz CT molecular complexity index is 582. The Morgan fingerprint density at radius 1 is 0.636 bits per heavy atom. The topological polar surface area (TPSA) is 277 Å². The Morgan fingerprint density at radius 3 is 1.48 bits per heavy atom. The van der Waals surface area contributed by atoms with Gasteiger partial charge >= 0.3 is 0 Å².